The van der Waals surface area contributed by atoms with Crippen LogP contribution in [0.25, 0.3) is 0 Å². The van der Waals surface area contributed by atoms with E-state index in [1.807, 2.05) is 0 Å². The minimum absolute atomic E-state index is 1.19. The number of carboxylic acids is 2. The van der Waals surface area contributed by atoms with Gasteiger partial charge in [-0.2, -0.15) is 64.7 Å². The van der Waals surface area contributed by atoms with E-state index in [-0.39, 0.29) is 0 Å². The van der Waals surface area contributed by atoms with E-state index in [1.54, 1.807) is 0 Å². The zero-order chi connectivity index (χ0) is 62.3. The minimum atomic E-state index is -6.22. The first-order chi connectivity index (χ1) is 37.3. The van der Waals surface area contributed by atoms with Crippen LogP contribution in [-0.4, -0.2) is 319 Å². The largest absolute Gasteiger partial charge is 0.479 e. The zero-order valence-electron chi connectivity index (χ0n) is 39.7. The van der Waals surface area contributed by atoms with Crippen molar-refractivity contribution in [3.63, 3.8) is 0 Å². The second-order valence-corrected chi connectivity index (χ2v) is 24.3. The van der Waals surface area contributed by atoms with Crippen LogP contribution in [0.1, 0.15) is 0 Å². The van der Waals surface area contributed by atoms with Crippen LogP contribution < -0.4 is 14.2 Å². The number of hydrogen-bond donors (Lipinski definition) is 20. The molecule has 0 aliphatic carbocycles. The molecule has 0 bridgehead atoms. The molecule has 0 spiro atoms. The van der Waals surface area contributed by atoms with E-state index in [2.05, 4.69) is 12.5 Å². The van der Waals surface area contributed by atoms with Gasteiger partial charge in [-0.05, 0) is 0 Å². The number of aliphatic hydroxyl groups excluding tert-OH is 9. The third kappa shape index (κ3) is 18.7. The Bertz CT molecular complexity index is 2920. The highest BCUT2D eigenvalue weighted by atomic mass is 32.3. The van der Waals surface area contributed by atoms with Crippen molar-refractivity contribution in [2.45, 2.75) is 153 Å². The molecule has 5 fully saturated rings. The molecule has 5 saturated heterocycles. The van der Waals surface area contributed by atoms with E-state index in [4.69, 9.17) is 47.2 Å². The molecule has 0 amide bonds. The highest BCUT2D eigenvalue weighted by Crippen LogP contribution is 2.37. The number of aliphatic carboxylic acids is 2. The molecule has 20 N–H and O–H groups in total. The maximum Gasteiger partial charge on any atom is 0.397 e. The van der Waals surface area contributed by atoms with Gasteiger partial charge in [-0.3, -0.25) is 27.3 Å². The number of carbonyl (C=O) groups is 2. The molecular formula is C30H51N3O43S6. The van der Waals surface area contributed by atoms with Gasteiger partial charge < -0.3 is 98.8 Å². The summed E-state index contributed by atoms with van der Waals surface area (Å²) in [7, 11) is -34.2. The average Bonchev–Trinajstić information content (AvgIpc) is 3.23. The van der Waals surface area contributed by atoms with Crippen LogP contribution in [-0.2, 0) is 127 Å². The van der Waals surface area contributed by atoms with Crippen molar-refractivity contribution in [3.8, 4) is 0 Å². The van der Waals surface area contributed by atoms with Crippen LogP contribution in [0.4, 0.5) is 0 Å². The van der Waals surface area contributed by atoms with E-state index in [1.165, 1.54) is 14.2 Å². The van der Waals surface area contributed by atoms with Gasteiger partial charge in [0.15, 0.2) is 43.7 Å². The molecule has 1 unspecified atom stereocenters. The third-order valence-electron chi connectivity index (χ3n) is 11.8. The number of rotatable bonds is 25. The van der Waals surface area contributed by atoms with Crippen molar-refractivity contribution in [1.82, 2.24) is 14.2 Å². The number of ether oxygens (including phenoxy) is 9. The molecule has 5 aliphatic heterocycles. The fourth-order valence-corrected chi connectivity index (χ4v) is 11.3. The van der Waals surface area contributed by atoms with Gasteiger partial charge in [-0.15, -0.1) is 0 Å². The van der Waals surface area contributed by atoms with Crippen LogP contribution in [0, 0.1) is 0 Å². The summed E-state index contributed by atoms with van der Waals surface area (Å²) >= 11 is 0. The molecular weight excluding hydrogens is 1280 g/mol. The Morgan fingerprint density at radius 3 is 1.20 bits per heavy atom. The predicted octanol–water partition coefficient (Wildman–Crippen LogP) is -14.1. The molecule has 0 aromatic carbocycles. The van der Waals surface area contributed by atoms with Crippen molar-refractivity contribution in [1.29, 1.82) is 0 Å². The predicted molar refractivity (Wildman–Crippen MR) is 236 cm³/mol. The molecule has 46 nitrogen and oxygen atoms in total. The normalized spacial score (nSPS) is 41.2. The Labute approximate surface area is 458 Å². The summed E-state index contributed by atoms with van der Waals surface area (Å²) in [4.78, 5) is 25.4. The Balaban J connectivity index is 1.52. The summed E-state index contributed by atoms with van der Waals surface area (Å²) in [6.07, 6.45) is -59.4. The lowest BCUT2D eigenvalue weighted by Gasteiger charge is -2.50. The molecule has 52 heteroatoms. The Morgan fingerprint density at radius 2 is 0.780 bits per heavy atom. The number of aliphatic hydroxyl groups is 9. The summed E-state index contributed by atoms with van der Waals surface area (Å²) in [5.74, 6) is -4.64. The van der Waals surface area contributed by atoms with Crippen molar-refractivity contribution >= 4 is 74.0 Å². The molecule has 5 aliphatic rings. The van der Waals surface area contributed by atoms with Crippen LogP contribution in [0.15, 0.2) is 0 Å². The van der Waals surface area contributed by atoms with Gasteiger partial charge in [0.2, 0.25) is 0 Å². The first-order valence-electron chi connectivity index (χ1n) is 21.8. The van der Waals surface area contributed by atoms with Gasteiger partial charge >= 0.3 is 74.0 Å². The number of carboxylic acid groups (broad SMARTS) is 2. The van der Waals surface area contributed by atoms with Gasteiger partial charge in [0, 0.05) is 0 Å². The lowest BCUT2D eigenvalue weighted by molar-refractivity contribution is -0.374. The van der Waals surface area contributed by atoms with Gasteiger partial charge in [-0.25, -0.2) is 22.1 Å². The Hall–Kier alpha value is -2.56. The SMILES string of the molecule is O=C(O)[C@H]1O[C@@H](O[C@H]2[C@H](OS(=O)(=O)O)[C@@H](NS(=O)(=O)O)[C@@H](O[C@H]3[C@H](O)[C@@H](O)[C@H](O[C@H]4[C@H](O)[C@@H](NS(=O)(=O)O)C(O)O[C@@H]4CO)O[C@H]3C(=O)O)O[C@@H]2COS(=O)(=O)O)[C@H](O)[C@@H](O)[C@@H]1O[C@H]1O[C@H](COS(=O)(=O)O)[C@@H](O)[C@H](O)[C@H]1NS(=O)(=O)O. The van der Waals surface area contributed by atoms with Crippen LogP contribution in [0.5, 0.6) is 0 Å². The van der Waals surface area contributed by atoms with Crippen LogP contribution in [0.2, 0.25) is 0 Å². The molecule has 82 heavy (non-hydrogen) atoms. The van der Waals surface area contributed by atoms with Gasteiger partial charge in [0.25, 0.3) is 0 Å². The van der Waals surface area contributed by atoms with E-state index in [9.17, 15) is 139 Å². The summed E-state index contributed by atoms with van der Waals surface area (Å²) in [6.45, 7) is -4.57. The van der Waals surface area contributed by atoms with Crippen molar-refractivity contribution in [2.24, 2.45) is 0 Å². The molecule has 480 valence electrons. The monoisotopic (exact) mass is 1330 g/mol. The smallest absolute Gasteiger partial charge is 0.397 e. The van der Waals surface area contributed by atoms with Crippen LogP contribution in [0.3, 0.4) is 0 Å². The number of hydrogen-bond acceptors (Lipinski definition) is 35. The standard InChI is InChI=1S/C30H51N3O43S6/c34-1-4-17(12(37)7(26(46)67-4)31-77(47,48)49)70-29-15(40)13(38)21(23(74-29)25(44)45)73-28-9(33-79(53,54)55)19(76-82(62,63)64)18(6(69-28)3-66-81(59,60)61)71-30-16(41)14(39)20(22(75-30)24(42)43)72-27-8(32-78(50,51)52)11(36)10(35)5(68-27)2-65-80(56,57)58/h4-23,26-41,46H,1-3H2,(H,42,43)(H,44,45)(H,47,48,49)(H,50,51,52)(H,53,54,55)(H,56,57,58)(H,59,60,61)(H,62,63,64)/t4-,5-,6-,7-,8-,9-,10-,11-,12-,13-,14-,15-,16-,17-,18-,19-,20+,21+,22+,23-,26?,27-,28-,29-,30-/m1/s1. The van der Waals surface area contributed by atoms with Crippen LogP contribution >= 0.6 is 0 Å². The third-order valence-corrected chi connectivity index (χ3v) is 14.9. The average molecular weight is 1330 g/mol. The van der Waals surface area contributed by atoms with Gasteiger partial charge in [0.1, 0.15) is 110 Å². The molecule has 0 radical (unpaired) electrons. The minimum Gasteiger partial charge on any atom is -0.479 e. The maximum atomic E-state index is 12.7. The van der Waals surface area contributed by atoms with E-state index >= 15 is 0 Å². The summed E-state index contributed by atoms with van der Waals surface area (Å²) in [5.41, 5.74) is 0. The zero-order valence-corrected chi connectivity index (χ0v) is 44.6. The maximum absolute atomic E-state index is 12.7. The molecule has 0 aromatic rings. The topological polar surface area (TPSA) is 730 Å². The fraction of sp³-hybridized carbons (Fsp3) is 0.933. The molecule has 5 rings (SSSR count). The first kappa shape index (κ1) is 70.2. The highest BCUT2D eigenvalue weighted by Gasteiger charge is 2.60. The van der Waals surface area contributed by atoms with E-state index < -0.39 is 247 Å². The summed E-state index contributed by atoms with van der Waals surface area (Å²) in [5, 5.41) is 118. The summed E-state index contributed by atoms with van der Waals surface area (Å²) in [6, 6.07) is -7.85. The van der Waals surface area contributed by atoms with Crippen molar-refractivity contribution in [2.75, 3.05) is 19.8 Å². The van der Waals surface area contributed by atoms with Gasteiger partial charge in [-0.1, -0.05) is 0 Å². The first-order valence-corrected chi connectivity index (χ1v) is 30.3. The van der Waals surface area contributed by atoms with E-state index in [0.717, 1.165) is 0 Å². The second kappa shape index (κ2) is 26.8. The second-order valence-electron chi connectivity index (χ2n) is 17.5. The molecule has 5 heterocycles. The summed E-state index contributed by atoms with van der Waals surface area (Å²) < 4.78 is 264. The highest BCUT2D eigenvalue weighted by molar-refractivity contribution is 7.84. The molecule has 0 saturated carbocycles. The quantitative estimate of drug-likeness (QED) is 0.0377. The lowest BCUT2D eigenvalue weighted by atomic mass is 9.94. The van der Waals surface area contributed by atoms with Gasteiger partial charge in [0.05, 0.1) is 19.8 Å². The lowest BCUT2D eigenvalue weighted by Crippen LogP contribution is -2.71. The fourth-order valence-electron chi connectivity index (χ4n) is 8.43. The Kier molecular flexibility index (Phi) is 23.0. The molecule has 25 atom stereocenters. The Morgan fingerprint density at radius 1 is 0.390 bits per heavy atom. The van der Waals surface area contributed by atoms with Crippen molar-refractivity contribution < 1.29 is 199 Å². The van der Waals surface area contributed by atoms with Crippen molar-refractivity contribution in [3.05, 3.63) is 0 Å². The number of nitrogens with one attached hydrogen (secondary N) is 3. The molecule has 0 aromatic heterocycles. The van der Waals surface area contributed by atoms with E-state index in [0.29, 0.717) is 0 Å².